The molecule has 0 saturated carbocycles. The van der Waals surface area contributed by atoms with Crippen molar-refractivity contribution in [3.05, 3.63) is 41.5 Å². The number of nitrogens with zero attached hydrogens (tertiary/aromatic N) is 2. The summed E-state index contributed by atoms with van der Waals surface area (Å²) in [7, 11) is 1.79. The van der Waals surface area contributed by atoms with Gasteiger partial charge in [-0.25, -0.2) is 14.4 Å². The van der Waals surface area contributed by atoms with E-state index in [1.807, 2.05) is 13.8 Å². The smallest absolute Gasteiger partial charge is 0.158 e. The molecule has 2 rings (SSSR count). The van der Waals surface area contributed by atoms with Crippen molar-refractivity contribution in [1.82, 2.24) is 9.97 Å². The van der Waals surface area contributed by atoms with Crippen LogP contribution in [0.25, 0.3) is 0 Å². The molecule has 0 unspecified atom stereocenters. The third-order valence-corrected chi connectivity index (χ3v) is 2.92. The van der Waals surface area contributed by atoms with E-state index in [1.54, 1.807) is 19.2 Å². The van der Waals surface area contributed by atoms with Crippen LogP contribution in [-0.4, -0.2) is 23.6 Å². The van der Waals surface area contributed by atoms with Crippen molar-refractivity contribution in [3.8, 4) is 0 Å². The molecule has 112 valence electrons. The highest BCUT2D eigenvalue weighted by atomic mass is 19.1. The van der Waals surface area contributed by atoms with E-state index >= 15 is 0 Å². The van der Waals surface area contributed by atoms with E-state index in [0.29, 0.717) is 30.7 Å². The highest BCUT2D eigenvalue weighted by molar-refractivity contribution is 5.62. The van der Waals surface area contributed by atoms with Gasteiger partial charge in [-0.05, 0) is 37.6 Å². The van der Waals surface area contributed by atoms with Crippen LogP contribution in [0.5, 0.6) is 0 Å². The lowest BCUT2D eigenvalue weighted by Crippen LogP contribution is -2.06. The molecular weight excluding hydrogens is 271 g/mol. The monoisotopic (exact) mass is 290 g/mol. The second-order valence-corrected chi connectivity index (χ2v) is 4.53. The molecule has 0 amide bonds. The van der Waals surface area contributed by atoms with Crippen LogP contribution < -0.4 is 10.6 Å². The Bertz CT molecular complexity index is 619. The van der Waals surface area contributed by atoms with E-state index in [-0.39, 0.29) is 5.82 Å². The van der Waals surface area contributed by atoms with Gasteiger partial charge in [-0.3, -0.25) is 0 Å². The van der Waals surface area contributed by atoms with Crippen LogP contribution in [-0.2, 0) is 11.3 Å². The molecule has 1 aromatic heterocycles. The van der Waals surface area contributed by atoms with E-state index < -0.39 is 0 Å². The molecule has 21 heavy (non-hydrogen) atoms. The summed E-state index contributed by atoms with van der Waals surface area (Å²) in [4.78, 5) is 8.72. The van der Waals surface area contributed by atoms with Crippen molar-refractivity contribution in [2.75, 3.05) is 24.3 Å². The van der Waals surface area contributed by atoms with Crippen LogP contribution in [0.1, 0.15) is 18.3 Å². The fraction of sp³-hybridized carbons (Fsp3) is 0.333. The second-order valence-electron chi connectivity index (χ2n) is 4.53. The maximum absolute atomic E-state index is 13.1. The first kappa shape index (κ1) is 15.2. The third kappa shape index (κ3) is 4.13. The molecule has 2 N–H and O–H groups in total. The van der Waals surface area contributed by atoms with Crippen molar-refractivity contribution in [3.63, 3.8) is 0 Å². The fourth-order valence-corrected chi connectivity index (χ4v) is 1.85. The Morgan fingerprint density at radius 3 is 2.62 bits per heavy atom. The minimum atomic E-state index is -0.256. The largest absolute Gasteiger partial charge is 0.374 e. The zero-order chi connectivity index (χ0) is 15.2. The first-order chi connectivity index (χ1) is 10.1. The Hall–Kier alpha value is -2.21. The number of ether oxygens (including phenoxy) is 1. The number of anilines is 3. The van der Waals surface area contributed by atoms with Gasteiger partial charge in [0.25, 0.3) is 0 Å². The molecule has 0 saturated heterocycles. The van der Waals surface area contributed by atoms with Gasteiger partial charge in [-0.2, -0.15) is 0 Å². The third-order valence-electron chi connectivity index (χ3n) is 2.92. The number of hydrogen-bond donors (Lipinski definition) is 2. The van der Waals surface area contributed by atoms with Gasteiger partial charge >= 0.3 is 0 Å². The van der Waals surface area contributed by atoms with Crippen LogP contribution in [0.2, 0.25) is 0 Å². The zero-order valence-corrected chi connectivity index (χ0v) is 12.4. The maximum atomic E-state index is 13.1. The summed E-state index contributed by atoms with van der Waals surface area (Å²) in [6, 6.07) is 6.37. The Morgan fingerprint density at radius 2 is 1.95 bits per heavy atom. The van der Waals surface area contributed by atoms with E-state index in [4.69, 9.17) is 4.74 Å². The minimum Gasteiger partial charge on any atom is -0.374 e. The average Bonchev–Trinajstić information content (AvgIpc) is 2.48. The summed E-state index contributed by atoms with van der Waals surface area (Å²) in [5.41, 5.74) is 1.62. The lowest BCUT2D eigenvalue weighted by atomic mass is 10.2. The van der Waals surface area contributed by atoms with E-state index in [2.05, 4.69) is 20.6 Å². The zero-order valence-electron chi connectivity index (χ0n) is 12.4. The van der Waals surface area contributed by atoms with Gasteiger partial charge in [0, 0.05) is 25.4 Å². The predicted molar refractivity (Wildman–Crippen MR) is 81.3 cm³/mol. The van der Waals surface area contributed by atoms with E-state index in [1.165, 1.54) is 12.1 Å². The lowest BCUT2D eigenvalue weighted by molar-refractivity contribution is 0.128. The molecule has 0 fully saturated rings. The van der Waals surface area contributed by atoms with Gasteiger partial charge in [0.15, 0.2) is 5.82 Å². The van der Waals surface area contributed by atoms with Crippen LogP contribution in [0.3, 0.4) is 0 Å². The first-order valence-electron chi connectivity index (χ1n) is 6.79. The molecule has 0 bridgehead atoms. The maximum Gasteiger partial charge on any atom is 0.158 e. The quantitative estimate of drug-likeness (QED) is 0.855. The van der Waals surface area contributed by atoms with Gasteiger partial charge in [0.2, 0.25) is 0 Å². The number of nitrogens with one attached hydrogen (secondary N) is 2. The number of benzene rings is 1. The summed E-state index contributed by atoms with van der Waals surface area (Å²) in [6.07, 6.45) is 0. The summed E-state index contributed by atoms with van der Waals surface area (Å²) in [6.45, 7) is 4.71. The number of aryl methyl sites for hydroxylation is 1. The van der Waals surface area contributed by atoms with Crippen LogP contribution in [0, 0.1) is 12.7 Å². The number of aromatic nitrogens is 2. The molecule has 0 spiro atoms. The molecule has 0 aliphatic rings. The lowest BCUT2D eigenvalue weighted by Gasteiger charge is -2.11. The highest BCUT2D eigenvalue weighted by Crippen LogP contribution is 2.21. The van der Waals surface area contributed by atoms with Gasteiger partial charge in [0.05, 0.1) is 0 Å². The van der Waals surface area contributed by atoms with Crippen LogP contribution >= 0.6 is 0 Å². The van der Waals surface area contributed by atoms with Crippen molar-refractivity contribution >= 4 is 17.3 Å². The molecule has 0 aliphatic carbocycles. The van der Waals surface area contributed by atoms with Crippen LogP contribution in [0.15, 0.2) is 24.3 Å². The normalized spacial score (nSPS) is 10.5. The molecule has 2 aromatic rings. The Kier molecular flexibility index (Phi) is 5.05. The molecular formula is C15H19FN4O. The Morgan fingerprint density at radius 1 is 1.19 bits per heavy atom. The molecule has 5 nitrogen and oxygen atoms in total. The van der Waals surface area contributed by atoms with Gasteiger partial charge in [-0.1, -0.05) is 0 Å². The van der Waals surface area contributed by atoms with E-state index in [0.717, 1.165) is 11.3 Å². The molecule has 1 heterocycles. The summed E-state index contributed by atoms with van der Waals surface area (Å²) in [5, 5.41) is 6.16. The predicted octanol–water partition coefficient (Wildman–Crippen LogP) is 3.25. The van der Waals surface area contributed by atoms with Crippen molar-refractivity contribution < 1.29 is 9.13 Å². The van der Waals surface area contributed by atoms with Crippen molar-refractivity contribution in [1.29, 1.82) is 0 Å². The van der Waals surface area contributed by atoms with Crippen molar-refractivity contribution in [2.24, 2.45) is 0 Å². The average molecular weight is 290 g/mol. The summed E-state index contributed by atoms with van der Waals surface area (Å²) in [5.74, 6) is 1.67. The fourth-order valence-electron chi connectivity index (χ4n) is 1.85. The van der Waals surface area contributed by atoms with Crippen LogP contribution in [0.4, 0.5) is 21.7 Å². The SMILES string of the molecule is CCOCc1nc(NC)cc(Nc2ccc(F)cc2C)n1. The number of rotatable bonds is 6. The van der Waals surface area contributed by atoms with Gasteiger partial charge in [0.1, 0.15) is 24.1 Å². The summed E-state index contributed by atoms with van der Waals surface area (Å²) < 4.78 is 18.5. The topological polar surface area (TPSA) is 59.1 Å². The van der Waals surface area contributed by atoms with Gasteiger partial charge < -0.3 is 15.4 Å². The van der Waals surface area contributed by atoms with Crippen molar-refractivity contribution in [2.45, 2.75) is 20.5 Å². The highest BCUT2D eigenvalue weighted by Gasteiger charge is 2.06. The number of halogens is 1. The first-order valence-corrected chi connectivity index (χ1v) is 6.79. The standard InChI is InChI=1S/C15H19FN4O/c1-4-21-9-15-19-13(17-3)8-14(20-15)18-12-6-5-11(16)7-10(12)2/h5-8H,4,9H2,1-3H3,(H2,17,18,19,20). The Balaban J connectivity index is 2.25. The second kappa shape index (κ2) is 6.99. The number of hydrogen-bond acceptors (Lipinski definition) is 5. The molecule has 0 radical (unpaired) electrons. The molecule has 1 aromatic carbocycles. The summed E-state index contributed by atoms with van der Waals surface area (Å²) >= 11 is 0. The Labute approximate surface area is 123 Å². The molecule has 0 atom stereocenters. The van der Waals surface area contributed by atoms with Gasteiger partial charge in [-0.15, -0.1) is 0 Å². The van der Waals surface area contributed by atoms with E-state index in [9.17, 15) is 4.39 Å². The minimum absolute atomic E-state index is 0.256. The molecule has 6 heteroatoms. The molecule has 0 aliphatic heterocycles.